The summed E-state index contributed by atoms with van der Waals surface area (Å²) >= 11 is 6.86. The molecule has 2 saturated heterocycles. The number of pyridine rings is 1. The average Bonchev–Trinajstić information content (AvgIpc) is 3.43. The van der Waals surface area contributed by atoms with Crippen LogP contribution in [0.25, 0.3) is 11.7 Å². The van der Waals surface area contributed by atoms with Gasteiger partial charge < -0.3 is 9.80 Å². The van der Waals surface area contributed by atoms with Gasteiger partial charge in [-0.2, -0.15) is 0 Å². The van der Waals surface area contributed by atoms with Crippen LogP contribution in [0.15, 0.2) is 34.1 Å². The number of carbonyl (C=O) groups excluding carboxylic acids is 1. The summed E-state index contributed by atoms with van der Waals surface area (Å²) in [5, 5.41) is 0. The highest BCUT2D eigenvalue weighted by Gasteiger charge is 2.38. The van der Waals surface area contributed by atoms with Crippen molar-refractivity contribution in [2.24, 2.45) is 0 Å². The van der Waals surface area contributed by atoms with Crippen LogP contribution in [0.1, 0.15) is 38.2 Å². The Balaban J connectivity index is 1.57. The summed E-state index contributed by atoms with van der Waals surface area (Å²) in [4.78, 5) is 38.4. The van der Waals surface area contributed by atoms with Crippen LogP contribution in [0.2, 0.25) is 0 Å². The summed E-state index contributed by atoms with van der Waals surface area (Å²) in [5.41, 5.74) is 0.918. The van der Waals surface area contributed by atoms with E-state index in [2.05, 4.69) is 16.7 Å². The number of thiocarbonyl (C=S) groups is 1. The predicted molar refractivity (Wildman–Crippen MR) is 133 cm³/mol. The maximum Gasteiger partial charge on any atom is 0.267 e. The van der Waals surface area contributed by atoms with Crippen molar-refractivity contribution in [3.05, 3.63) is 45.2 Å². The van der Waals surface area contributed by atoms with Crippen molar-refractivity contribution < 1.29 is 4.79 Å². The summed E-state index contributed by atoms with van der Waals surface area (Å²) in [6.07, 6.45) is 7.70. The molecule has 0 atom stereocenters. The number of thioether (sulfide) groups is 1. The van der Waals surface area contributed by atoms with Crippen LogP contribution >= 0.6 is 24.0 Å². The van der Waals surface area contributed by atoms with Gasteiger partial charge in [-0.3, -0.25) is 18.9 Å². The van der Waals surface area contributed by atoms with Crippen molar-refractivity contribution in [3.8, 4) is 0 Å². The zero-order valence-electron chi connectivity index (χ0n) is 18.2. The van der Waals surface area contributed by atoms with Gasteiger partial charge in [-0.1, -0.05) is 49.8 Å². The van der Waals surface area contributed by atoms with E-state index in [9.17, 15) is 9.59 Å². The molecule has 3 fully saturated rings. The first-order chi connectivity index (χ1) is 15.6. The maximum absolute atomic E-state index is 13.5. The van der Waals surface area contributed by atoms with Gasteiger partial charge in [0.05, 0.1) is 10.5 Å². The molecular formula is C23H27N5O2S2. The summed E-state index contributed by atoms with van der Waals surface area (Å²) in [6.45, 7) is 6.62. The van der Waals surface area contributed by atoms with Crippen LogP contribution < -0.4 is 10.5 Å². The molecule has 1 aliphatic carbocycles. The number of hydrogen-bond donors (Lipinski definition) is 0. The van der Waals surface area contributed by atoms with E-state index < -0.39 is 0 Å². The van der Waals surface area contributed by atoms with Gasteiger partial charge >= 0.3 is 0 Å². The fourth-order valence-electron chi connectivity index (χ4n) is 4.82. The van der Waals surface area contributed by atoms with Crippen molar-refractivity contribution >= 4 is 51.7 Å². The van der Waals surface area contributed by atoms with Gasteiger partial charge in [0.1, 0.15) is 15.8 Å². The Labute approximate surface area is 197 Å². The largest absolute Gasteiger partial charge is 0.353 e. The van der Waals surface area contributed by atoms with Gasteiger partial charge in [0.25, 0.3) is 11.5 Å². The van der Waals surface area contributed by atoms with E-state index in [1.807, 2.05) is 18.2 Å². The van der Waals surface area contributed by atoms with E-state index in [0.29, 0.717) is 26.3 Å². The third kappa shape index (κ3) is 3.86. The normalized spacial score (nSPS) is 22.1. The SMILES string of the molecule is CCN1CCN(c2nc3ccccn3c(=O)c2C=C2SC(=S)N(C3CCCC3)C2=O)CC1. The summed E-state index contributed by atoms with van der Waals surface area (Å²) < 4.78 is 2.15. The lowest BCUT2D eigenvalue weighted by atomic mass is 10.2. The molecule has 1 amide bonds. The molecule has 2 aromatic rings. The molecule has 2 aromatic heterocycles. The molecule has 168 valence electrons. The Kier molecular flexibility index (Phi) is 6.05. The lowest BCUT2D eigenvalue weighted by Crippen LogP contribution is -2.47. The molecule has 1 saturated carbocycles. The van der Waals surface area contributed by atoms with Crippen molar-refractivity contribution in [3.63, 3.8) is 0 Å². The number of hydrogen-bond acceptors (Lipinski definition) is 7. The summed E-state index contributed by atoms with van der Waals surface area (Å²) in [5.74, 6) is 0.578. The molecule has 3 aliphatic rings. The first-order valence-corrected chi connectivity index (χ1v) is 12.5. The monoisotopic (exact) mass is 469 g/mol. The molecule has 2 aliphatic heterocycles. The smallest absolute Gasteiger partial charge is 0.267 e. The predicted octanol–water partition coefficient (Wildman–Crippen LogP) is 2.98. The minimum Gasteiger partial charge on any atom is -0.353 e. The Morgan fingerprint density at radius 2 is 1.91 bits per heavy atom. The van der Waals surface area contributed by atoms with Gasteiger partial charge in [0.15, 0.2) is 0 Å². The molecule has 5 rings (SSSR count). The van der Waals surface area contributed by atoms with Crippen molar-refractivity contribution in [2.45, 2.75) is 38.6 Å². The molecule has 4 heterocycles. The van der Waals surface area contributed by atoms with Crippen molar-refractivity contribution in [2.75, 3.05) is 37.6 Å². The lowest BCUT2D eigenvalue weighted by molar-refractivity contribution is -0.123. The number of anilines is 1. The molecule has 0 bridgehead atoms. The highest BCUT2D eigenvalue weighted by Crippen LogP contribution is 2.38. The first-order valence-electron chi connectivity index (χ1n) is 11.3. The fraction of sp³-hybridized carbons (Fsp3) is 0.478. The zero-order chi connectivity index (χ0) is 22.2. The van der Waals surface area contributed by atoms with Crippen LogP contribution in [0, 0.1) is 0 Å². The number of nitrogens with zero attached hydrogens (tertiary/aromatic N) is 5. The molecule has 0 N–H and O–H groups in total. The Bertz CT molecular complexity index is 1150. The Morgan fingerprint density at radius 1 is 1.16 bits per heavy atom. The van der Waals surface area contributed by atoms with Crippen LogP contribution in [-0.2, 0) is 4.79 Å². The van der Waals surface area contributed by atoms with E-state index in [1.165, 1.54) is 11.8 Å². The standard InChI is InChI=1S/C23H27N5O2S2/c1-2-25-11-13-26(14-12-25)20-17(21(29)27-10-6-5-9-19(27)24-20)15-18-22(30)28(23(31)32-18)16-7-3-4-8-16/h5-6,9-10,15-16H,2-4,7-8,11-14H2,1H3. The molecule has 32 heavy (non-hydrogen) atoms. The van der Waals surface area contributed by atoms with Crippen LogP contribution in [0.3, 0.4) is 0 Å². The van der Waals surface area contributed by atoms with Crippen LogP contribution in [0.4, 0.5) is 5.82 Å². The average molecular weight is 470 g/mol. The molecule has 0 aromatic carbocycles. The second kappa shape index (κ2) is 8.96. The van der Waals surface area contributed by atoms with E-state index in [4.69, 9.17) is 17.2 Å². The number of carbonyl (C=O) groups is 1. The number of rotatable bonds is 4. The summed E-state index contributed by atoms with van der Waals surface area (Å²) in [7, 11) is 0. The first kappa shape index (κ1) is 21.6. The number of fused-ring (bicyclic) bond motifs is 1. The fourth-order valence-corrected chi connectivity index (χ4v) is 6.20. The molecule has 0 unspecified atom stereocenters. The van der Waals surface area contributed by atoms with E-state index in [1.54, 1.807) is 21.6 Å². The van der Waals surface area contributed by atoms with E-state index in [0.717, 1.165) is 58.4 Å². The van der Waals surface area contributed by atoms with Crippen LogP contribution in [0.5, 0.6) is 0 Å². The highest BCUT2D eigenvalue weighted by molar-refractivity contribution is 8.26. The lowest BCUT2D eigenvalue weighted by Gasteiger charge is -2.35. The van der Waals surface area contributed by atoms with E-state index >= 15 is 0 Å². The van der Waals surface area contributed by atoms with Gasteiger partial charge in [0, 0.05) is 38.4 Å². The van der Waals surface area contributed by atoms with Crippen molar-refractivity contribution in [1.82, 2.24) is 19.2 Å². The highest BCUT2D eigenvalue weighted by atomic mass is 32.2. The minimum atomic E-state index is -0.158. The van der Waals surface area contributed by atoms with Gasteiger partial charge in [-0.05, 0) is 37.6 Å². The molecule has 9 heteroatoms. The van der Waals surface area contributed by atoms with Gasteiger partial charge in [-0.25, -0.2) is 4.98 Å². The maximum atomic E-state index is 13.5. The van der Waals surface area contributed by atoms with Crippen LogP contribution in [-0.4, -0.2) is 68.2 Å². The third-order valence-electron chi connectivity index (χ3n) is 6.66. The number of aromatic nitrogens is 2. The topological polar surface area (TPSA) is 61.2 Å². The zero-order valence-corrected chi connectivity index (χ0v) is 19.8. The number of amides is 1. The Hall–Kier alpha value is -2.23. The third-order valence-corrected chi connectivity index (χ3v) is 7.99. The minimum absolute atomic E-state index is 0.0776. The number of piperazine rings is 1. The second-order valence-electron chi connectivity index (χ2n) is 8.49. The second-order valence-corrected chi connectivity index (χ2v) is 10.2. The van der Waals surface area contributed by atoms with Gasteiger partial charge in [0.2, 0.25) is 0 Å². The molecular weight excluding hydrogens is 442 g/mol. The van der Waals surface area contributed by atoms with Gasteiger partial charge in [-0.15, -0.1) is 0 Å². The quantitative estimate of drug-likeness (QED) is 0.504. The van der Waals surface area contributed by atoms with Crippen molar-refractivity contribution in [1.29, 1.82) is 0 Å². The summed E-state index contributed by atoms with van der Waals surface area (Å²) in [6, 6.07) is 5.73. The molecule has 7 nitrogen and oxygen atoms in total. The molecule has 0 radical (unpaired) electrons. The Morgan fingerprint density at radius 3 is 2.62 bits per heavy atom. The van der Waals surface area contributed by atoms with E-state index in [-0.39, 0.29) is 17.5 Å². The molecule has 0 spiro atoms. The number of likely N-dealkylation sites (N-methyl/N-ethyl adjacent to an activating group) is 1.